The first-order valence-electron chi connectivity index (χ1n) is 22.3. The number of anilines is 3. The minimum Gasteiger partial charge on any atom is -0.310 e. The van der Waals surface area contributed by atoms with E-state index in [-0.39, 0.29) is 0 Å². The van der Waals surface area contributed by atoms with Crippen LogP contribution in [0.2, 0.25) is 0 Å². The lowest BCUT2D eigenvalue weighted by atomic mass is 9.88. The highest BCUT2D eigenvalue weighted by Crippen LogP contribution is 2.47. The number of rotatable bonds is 10. The lowest BCUT2D eigenvalue weighted by Crippen LogP contribution is -2.12. The lowest BCUT2D eigenvalue weighted by Gasteiger charge is -2.29. The highest BCUT2D eigenvalue weighted by Gasteiger charge is 2.22. The largest absolute Gasteiger partial charge is 0.310 e. The molecule has 1 nitrogen and oxygen atoms in total. The number of hydrogen-bond acceptors (Lipinski definition) is 1. The van der Waals surface area contributed by atoms with Crippen molar-refractivity contribution in [1.29, 1.82) is 0 Å². The summed E-state index contributed by atoms with van der Waals surface area (Å²) in [5.74, 6) is 0. The molecule has 11 rings (SSSR count). The van der Waals surface area contributed by atoms with Crippen LogP contribution in [0.3, 0.4) is 0 Å². The molecule has 0 saturated carbocycles. The van der Waals surface area contributed by atoms with Gasteiger partial charge in [0.15, 0.2) is 0 Å². The Kier molecular flexibility index (Phi) is 10.7. The molecule has 0 unspecified atom stereocenters. The molecular formula is C64H45N. The van der Waals surface area contributed by atoms with Crippen LogP contribution in [0.4, 0.5) is 17.1 Å². The van der Waals surface area contributed by atoms with Gasteiger partial charge in [-0.3, -0.25) is 0 Å². The first kappa shape index (κ1) is 39.3. The molecule has 0 fully saturated rings. The summed E-state index contributed by atoms with van der Waals surface area (Å²) in [4.78, 5) is 2.45. The van der Waals surface area contributed by atoms with E-state index in [9.17, 15) is 0 Å². The van der Waals surface area contributed by atoms with Crippen LogP contribution in [-0.2, 0) is 0 Å². The highest BCUT2D eigenvalue weighted by molar-refractivity contribution is 5.99. The van der Waals surface area contributed by atoms with E-state index in [1.54, 1.807) is 0 Å². The molecule has 0 saturated heterocycles. The van der Waals surface area contributed by atoms with Crippen molar-refractivity contribution in [2.45, 2.75) is 0 Å². The zero-order valence-corrected chi connectivity index (χ0v) is 35.9. The SMILES string of the molecule is c1ccc(-c2cc(-c3ccccc3)cc(N(c3ccc(-c4ccc(-c5cccc6ccccc56)cc4)cc3)c3ccccc3-c3ccccc3-c3ccccc3-c3ccccc3)c2)cc1. The minimum atomic E-state index is 1.07. The van der Waals surface area contributed by atoms with Gasteiger partial charge in [-0.1, -0.05) is 237 Å². The number of para-hydroxylation sites is 1. The summed E-state index contributed by atoms with van der Waals surface area (Å²) in [5.41, 5.74) is 19.8. The fourth-order valence-electron chi connectivity index (χ4n) is 9.32. The molecule has 0 spiro atoms. The van der Waals surface area contributed by atoms with Crippen molar-refractivity contribution in [2.75, 3.05) is 4.90 Å². The molecule has 0 aromatic heterocycles. The van der Waals surface area contributed by atoms with Gasteiger partial charge in [0.1, 0.15) is 0 Å². The van der Waals surface area contributed by atoms with Gasteiger partial charge >= 0.3 is 0 Å². The Morgan fingerprint density at radius 3 is 1.20 bits per heavy atom. The molecule has 0 aliphatic rings. The van der Waals surface area contributed by atoms with Crippen LogP contribution in [0.1, 0.15) is 0 Å². The van der Waals surface area contributed by atoms with E-state index in [0.717, 1.165) is 39.3 Å². The second-order valence-electron chi connectivity index (χ2n) is 16.5. The monoisotopic (exact) mass is 827 g/mol. The number of hydrogen-bond donors (Lipinski definition) is 0. The summed E-state index contributed by atoms with van der Waals surface area (Å²) in [6.45, 7) is 0. The van der Waals surface area contributed by atoms with Crippen LogP contribution in [0.15, 0.2) is 273 Å². The first-order valence-corrected chi connectivity index (χ1v) is 22.3. The third-order valence-electron chi connectivity index (χ3n) is 12.5. The van der Waals surface area contributed by atoms with Crippen molar-refractivity contribution in [3.05, 3.63) is 273 Å². The third kappa shape index (κ3) is 7.93. The Bertz CT molecular complexity index is 3330. The summed E-state index contributed by atoms with van der Waals surface area (Å²) >= 11 is 0. The van der Waals surface area contributed by atoms with Crippen LogP contribution < -0.4 is 4.90 Å². The number of benzene rings is 11. The molecule has 0 N–H and O–H groups in total. The van der Waals surface area contributed by atoms with E-state index in [2.05, 4.69) is 278 Å². The second kappa shape index (κ2) is 17.7. The summed E-state index contributed by atoms with van der Waals surface area (Å²) in [6, 6.07) is 98.9. The molecule has 0 heterocycles. The van der Waals surface area contributed by atoms with Crippen LogP contribution in [0.5, 0.6) is 0 Å². The van der Waals surface area contributed by atoms with Gasteiger partial charge in [0, 0.05) is 16.9 Å². The predicted molar refractivity (Wildman–Crippen MR) is 277 cm³/mol. The van der Waals surface area contributed by atoms with Crippen molar-refractivity contribution in [3.8, 4) is 77.9 Å². The van der Waals surface area contributed by atoms with Gasteiger partial charge < -0.3 is 4.90 Å². The van der Waals surface area contributed by atoms with Crippen LogP contribution in [0, 0.1) is 0 Å². The van der Waals surface area contributed by atoms with E-state index in [1.807, 2.05) is 0 Å². The highest BCUT2D eigenvalue weighted by atomic mass is 15.1. The molecule has 0 aliphatic carbocycles. The molecule has 0 aliphatic heterocycles. The van der Waals surface area contributed by atoms with E-state index < -0.39 is 0 Å². The molecule has 1 heteroatoms. The topological polar surface area (TPSA) is 3.24 Å². The van der Waals surface area contributed by atoms with E-state index >= 15 is 0 Å². The number of fused-ring (bicyclic) bond motifs is 1. The summed E-state index contributed by atoms with van der Waals surface area (Å²) in [7, 11) is 0. The second-order valence-corrected chi connectivity index (χ2v) is 16.5. The van der Waals surface area contributed by atoms with Crippen LogP contribution in [-0.4, -0.2) is 0 Å². The third-order valence-corrected chi connectivity index (χ3v) is 12.5. The van der Waals surface area contributed by atoms with Crippen molar-refractivity contribution < 1.29 is 0 Å². The maximum atomic E-state index is 2.45. The lowest BCUT2D eigenvalue weighted by molar-refractivity contribution is 1.28. The Morgan fingerprint density at radius 2 is 0.585 bits per heavy atom. The summed E-state index contributed by atoms with van der Waals surface area (Å²) in [5, 5.41) is 2.52. The summed E-state index contributed by atoms with van der Waals surface area (Å²) < 4.78 is 0. The van der Waals surface area contributed by atoms with Crippen molar-refractivity contribution in [1.82, 2.24) is 0 Å². The van der Waals surface area contributed by atoms with E-state index in [0.29, 0.717) is 0 Å². The zero-order chi connectivity index (χ0) is 43.4. The fourth-order valence-corrected chi connectivity index (χ4v) is 9.32. The van der Waals surface area contributed by atoms with Crippen LogP contribution >= 0.6 is 0 Å². The Morgan fingerprint density at radius 1 is 0.200 bits per heavy atom. The van der Waals surface area contributed by atoms with Gasteiger partial charge in [-0.25, -0.2) is 0 Å². The van der Waals surface area contributed by atoms with Crippen molar-refractivity contribution in [2.24, 2.45) is 0 Å². The number of nitrogens with zero attached hydrogens (tertiary/aromatic N) is 1. The Labute approximate surface area is 381 Å². The molecular weight excluding hydrogens is 783 g/mol. The predicted octanol–water partition coefficient (Wildman–Crippen LogP) is 18.0. The van der Waals surface area contributed by atoms with E-state index in [1.165, 1.54) is 66.4 Å². The normalized spacial score (nSPS) is 11.1. The Hall–Kier alpha value is -8.52. The van der Waals surface area contributed by atoms with Gasteiger partial charge in [-0.05, 0) is 119 Å². The molecule has 0 atom stereocenters. The van der Waals surface area contributed by atoms with Gasteiger partial charge in [0.2, 0.25) is 0 Å². The van der Waals surface area contributed by atoms with Crippen molar-refractivity contribution in [3.63, 3.8) is 0 Å². The molecule has 0 bridgehead atoms. The van der Waals surface area contributed by atoms with Crippen LogP contribution in [0.25, 0.3) is 88.7 Å². The zero-order valence-electron chi connectivity index (χ0n) is 35.9. The minimum absolute atomic E-state index is 1.07. The van der Waals surface area contributed by atoms with Gasteiger partial charge in [0.25, 0.3) is 0 Å². The molecule has 65 heavy (non-hydrogen) atoms. The van der Waals surface area contributed by atoms with Gasteiger partial charge in [-0.2, -0.15) is 0 Å². The molecule has 11 aromatic rings. The average Bonchev–Trinajstić information content (AvgIpc) is 3.40. The average molecular weight is 828 g/mol. The van der Waals surface area contributed by atoms with E-state index in [4.69, 9.17) is 0 Å². The van der Waals surface area contributed by atoms with Gasteiger partial charge in [0.05, 0.1) is 5.69 Å². The van der Waals surface area contributed by atoms with Gasteiger partial charge in [-0.15, -0.1) is 0 Å². The quantitative estimate of drug-likeness (QED) is 0.133. The maximum Gasteiger partial charge on any atom is 0.0540 e. The first-order chi connectivity index (χ1) is 32.2. The molecule has 306 valence electrons. The standard InChI is InChI=1S/C64H45N/c1-4-19-46(20-5-1)53-43-54(47-21-6-2-7-22-47)45-56(44-53)65(55-41-39-49(40-42-55)48-35-37-52(38-36-48)58-33-18-26-51-25-10-11-27-57(51)58)64-34-17-16-32-63(64)62-31-15-14-30-61(62)60-29-13-12-28-59(60)50-23-8-3-9-24-50/h1-45H. The summed E-state index contributed by atoms with van der Waals surface area (Å²) in [6.07, 6.45) is 0. The van der Waals surface area contributed by atoms with Crippen molar-refractivity contribution >= 4 is 27.8 Å². The molecule has 0 radical (unpaired) electrons. The molecule has 11 aromatic carbocycles. The fraction of sp³-hybridized carbons (Fsp3) is 0. The molecule has 0 amide bonds. The maximum absolute atomic E-state index is 2.45. The Balaban J connectivity index is 1.07. The smallest absolute Gasteiger partial charge is 0.0540 e.